The highest BCUT2D eigenvalue weighted by Gasteiger charge is 2.28. The lowest BCUT2D eigenvalue weighted by atomic mass is 9.73. The molecule has 144 valence electrons. The summed E-state index contributed by atoms with van der Waals surface area (Å²) in [6, 6.07) is 8.02. The van der Waals surface area contributed by atoms with Gasteiger partial charge in [0.25, 0.3) is 0 Å². The Morgan fingerprint density at radius 1 is 1.07 bits per heavy atom. The number of hydrogen-bond donors (Lipinski definition) is 0. The molecule has 0 saturated heterocycles. The topological polar surface area (TPSA) is 0 Å². The monoisotopic (exact) mass is 376 g/mol. The van der Waals surface area contributed by atoms with Crippen molar-refractivity contribution >= 4 is 5.83 Å². The summed E-state index contributed by atoms with van der Waals surface area (Å²) in [6.07, 6.45) is 6.22. The molecule has 0 fully saturated rings. The summed E-state index contributed by atoms with van der Waals surface area (Å²) < 4.78 is 51.6. The first kappa shape index (κ1) is 20.9. The summed E-state index contributed by atoms with van der Waals surface area (Å²) in [6.45, 7) is 8.73. The van der Waals surface area contributed by atoms with E-state index in [1.54, 1.807) is 0 Å². The van der Waals surface area contributed by atoms with E-state index in [-0.39, 0.29) is 16.8 Å². The third kappa shape index (κ3) is 5.31. The van der Waals surface area contributed by atoms with Gasteiger partial charge >= 0.3 is 0 Å². The number of allylic oxidation sites excluding steroid dienone is 2. The molecule has 0 aliphatic heterocycles. The SMILES string of the molecule is C=C(F)c1ccc(F)cc1.Cc1c(F)cc([C@]2(C)C=CC(C)CC2)cc1F. The summed E-state index contributed by atoms with van der Waals surface area (Å²) in [5.74, 6) is -1.25. The minimum atomic E-state index is -0.542. The van der Waals surface area contributed by atoms with Gasteiger partial charge in [0.05, 0.1) is 0 Å². The number of halogens is 4. The van der Waals surface area contributed by atoms with Gasteiger partial charge in [0.2, 0.25) is 0 Å². The van der Waals surface area contributed by atoms with E-state index in [0.717, 1.165) is 18.4 Å². The molecule has 3 rings (SSSR count). The Kier molecular flexibility index (Phi) is 6.63. The van der Waals surface area contributed by atoms with E-state index in [0.29, 0.717) is 11.5 Å². The first-order valence-electron chi connectivity index (χ1n) is 8.88. The van der Waals surface area contributed by atoms with Gasteiger partial charge in [0.15, 0.2) is 0 Å². The molecule has 0 aromatic heterocycles. The lowest BCUT2D eigenvalue weighted by Crippen LogP contribution is -2.24. The van der Waals surface area contributed by atoms with E-state index in [1.165, 1.54) is 43.3 Å². The summed E-state index contributed by atoms with van der Waals surface area (Å²) in [5.41, 5.74) is 0.926. The van der Waals surface area contributed by atoms with Crippen LogP contribution in [0.5, 0.6) is 0 Å². The summed E-state index contributed by atoms with van der Waals surface area (Å²) in [7, 11) is 0. The fourth-order valence-electron chi connectivity index (χ4n) is 2.93. The summed E-state index contributed by atoms with van der Waals surface area (Å²) >= 11 is 0. The highest BCUT2D eigenvalue weighted by Crippen LogP contribution is 2.37. The quantitative estimate of drug-likeness (QED) is 0.381. The molecule has 0 radical (unpaired) electrons. The van der Waals surface area contributed by atoms with Gasteiger partial charge < -0.3 is 0 Å². The lowest BCUT2D eigenvalue weighted by Gasteiger charge is -2.32. The van der Waals surface area contributed by atoms with Crippen LogP contribution in [0.2, 0.25) is 0 Å². The van der Waals surface area contributed by atoms with Gasteiger partial charge in [-0.1, -0.05) is 32.6 Å². The second-order valence-corrected chi connectivity index (χ2v) is 7.27. The van der Waals surface area contributed by atoms with Crippen LogP contribution in [0.15, 0.2) is 55.1 Å². The lowest BCUT2D eigenvalue weighted by molar-refractivity contribution is 0.436. The maximum atomic E-state index is 13.6. The van der Waals surface area contributed by atoms with Gasteiger partial charge in [0, 0.05) is 16.5 Å². The standard InChI is InChI=1S/C15H18F2.C8H6F2/c1-10-4-6-15(3,7-5-10)12-8-13(16)11(2)14(17)9-12;1-6(9)7-2-4-8(10)5-3-7/h4,6,8-10H,5,7H2,1-3H3;2-5H,1H2/t10?,15-;/m1./s1. The first-order chi connectivity index (χ1) is 12.6. The maximum absolute atomic E-state index is 13.6. The van der Waals surface area contributed by atoms with E-state index >= 15 is 0 Å². The fourth-order valence-corrected chi connectivity index (χ4v) is 2.93. The molecular formula is C23H24F4. The molecule has 0 spiro atoms. The Morgan fingerprint density at radius 3 is 2.07 bits per heavy atom. The third-order valence-electron chi connectivity index (χ3n) is 5.01. The minimum Gasteiger partial charge on any atom is -0.207 e. The van der Waals surface area contributed by atoms with E-state index < -0.39 is 17.5 Å². The third-order valence-corrected chi connectivity index (χ3v) is 5.01. The molecule has 2 aromatic rings. The average Bonchev–Trinajstić information content (AvgIpc) is 2.63. The Labute approximate surface area is 158 Å². The van der Waals surface area contributed by atoms with Crippen molar-refractivity contribution in [3.05, 3.63) is 89.3 Å². The molecule has 4 heteroatoms. The van der Waals surface area contributed by atoms with Crippen molar-refractivity contribution in [3.63, 3.8) is 0 Å². The number of benzene rings is 2. The molecule has 0 heterocycles. The van der Waals surface area contributed by atoms with E-state index in [4.69, 9.17) is 0 Å². The fraction of sp³-hybridized carbons (Fsp3) is 0.304. The Bertz CT molecular complexity index is 813. The summed E-state index contributed by atoms with van der Waals surface area (Å²) in [5, 5.41) is 0. The molecule has 1 aliphatic rings. The molecule has 0 saturated carbocycles. The molecular weight excluding hydrogens is 352 g/mol. The van der Waals surface area contributed by atoms with Gasteiger partial charge in [-0.15, -0.1) is 0 Å². The Hall–Kier alpha value is -2.36. The average molecular weight is 376 g/mol. The van der Waals surface area contributed by atoms with Crippen LogP contribution in [0.3, 0.4) is 0 Å². The van der Waals surface area contributed by atoms with Gasteiger partial charge in [-0.05, 0) is 67.6 Å². The number of rotatable bonds is 2. The molecule has 1 aliphatic carbocycles. The van der Waals surface area contributed by atoms with Crippen LogP contribution >= 0.6 is 0 Å². The number of hydrogen-bond acceptors (Lipinski definition) is 0. The molecule has 0 N–H and O–H groups in total. The van der Waals surface area contributed by atoms with Crippen LogP contribution in [0.25, 0.3) is 5.83 Å². The Balaban J connectivity index is 0.000000223. The van der Waals surface area contributed by atoms with Crippen LogP contribution in [0, 0.1) is 30.3 Å². The van der Waals surface area contributed by atoms with E-state index in [1.807, 2.05) is 6.92 Å². The predicted molar refractivity (Wildman–Crippen MR) is 103 cm³/mol. The minimum absolute atomic E-state index is 0.102. The van der Waals surface area contributed by atoms with Crippen LogP contribution in [-0.4, -0.2) is 0 Å². The van der Waals surface area contributed by atoms with E-state index in [9.17, 15) is 17.6 Å². The van der Waals surface area contributed by atoms with Crippen molar-refractivity contribution in [3.8, 4) is 0 Å². The Morgan fingerprint density at radius 2 is 1.63 bits per heavy atom. The molecule has 1 unspecified atom stereocenters. The van der Waals surface area contributed by atoms with Crippen LogP contribution in [0.4, 0.5) is 17.6 Å². The molecule has 27 heavy (non-hydrogen) atoms. The second-order valence-electron chi connectivity index (χ2n) is 7.27. The molecule has 0 amide bonds. The van der Waals surface area contributed by atoms with Gasteiger partial charge in [-0.3, -0.25) is 0 Å². The van der Waals surface area contributed by atoms with Crippen molar-refractivity contribution in [2.45, 2.75) is 39.0 Å². The molecule has 2 aromatic carbocycles. The van der Waals surface area contributed by atoms with E-state index in [2.05, 4.69) is 25.7 Å². The van der Waals surface area contributed by atoms with Gasteiger partial charge in [-0.2, -0.15) is 0 Å². The largest absolute Gasteiger partial charge is 0.207 e. The highest BCUT2D eigenvalue weighted by molar-refractivity contribution is 5.55. The first-order valence-corrected chi connectivity index (χ1v) is 8.88. The van der Waals surface area contributed by atoms with Crippen molar-refractivity contribution in [1.29, 1.82) is 0 Å². The van der Waals surface area contributed by atoms with Crippen LogP contribution < -0.4 is 0 Å². The predicted octanol–water partition coefficient (Wildman–Crippen LogP) is 7.28. The van der Waals surface area contributed by atoms with Crippen LogP contribution in [0.1, 0.15) is 43.4 Å². The zero-order valence-electron chi connectivity index (χ0n) is 15.8. The zero-order chi connectivity index (χ0) is 20.2. The van der Waals surface area contributed by atoms with Crippen molar-refractivity contribution < 1.29 is 17.6 Å². The van der Waals surface area contributed by atoms with Gasteiger partial charge in [-0.25, -0.2) is 17.6 Å². The van der Waals surface area contributed by atoms with Crippen LogP contribution in [-0.2, 0) is 5.41 Å². The zero-order valence-corrected chi connectivity index (χ0v) is 15.8. The normalized spacial score (nSPS) is 21.4. The second kappa shape index (κ2) is 8.55. The smallest absolute Gasteiger partial charge is 0.129 e. The van der Waals surface area contributed by atoms with Crippen molar-refractivity contribution in [2.75, 3.05) is 0 Å². The van der Waals surface area contributed by atoms with Crippen molar-refractivity contribution in [1.82, 2.24) is 0 Å². The highest BCUT2D eigenvalue weighted by atomic mass is 19.1. The molecule has 0 bridgehead atoms. The molecule has 0 nitrogen and oxygen atoms in total. The van der Waals surface area contributed by atoms with Crippen molar-refractivity contribution in [2.24, 2.45) is 5.92 Å². The summed E-state index contributed by atoms with van der Waals surface area (Å²) in [4.78, 5) is 0. The van der Waals surface area contributed by atoms with Gasteiger partial charge in [0.1, 0.15) is 23.3 Å². The molecule has 2 atom stereocenters. The maximum Gasteiger partial charge on any atom is 0.129 e.